The highest BCUT2D eigenvalue weighted by Gasteiger charge is 2.35. The Kier molecular flexibility index (Phi) is 3.85. The van der Waals surface area contributed by atoms with Gasteiger partial charge in [0.05, 0.1) is 5.69 Å². The minimum absolute atomic E-state index is 0.0142. The van der Waals surface area contributed by atoms with Crippen LogP contribution >= 0.6 is 0 Å². The molecule has 136 valence electrons. The van der Waals surface area contributed by atoms with Crippen LogP contribution in [0.25, 0.3) is 5.69 Å². The smallest absolute Gasteiger partial charge is 0.272 e. The molecule has 5 rings (SSSR count). The Hall–Kier alpha value is -2.14. The van der Waals surface area contributed by atoms with Crippen LogP contribution in [0.4, 0.5) is 0 Å². The molecule has 2 unspecified atom stereocenters. The second-order valence-corrected chi connectivity index (χ2v) is 8.15. The largest absolute Gasteiger partial charge is 0.348 e. The molecule has 3 aliphatic rings. The molecule has 0 radical (unpaired) electrons. The molecule has 2 bridgehead atoms. The van der Waals surface area contributed by atoms with Crippen LogP contribution in [0.5, 0.6) is 0 Å². The number of nitrogens with zero attached hydrogens (tertiary/aromatic N) is 2. The van der Waals surface area contributed by atoms with Crippen molar-refractivity contribution in [2.75, 3.05) is 0 Å². The van der Waals surface area contributed by atoms with E-state index in [-0.39, 0.29) is 11.9 Å². The van der Waals surface area contributed by atoms with E-state index in [4.69, 9.17) is 5.10 Å². The number of hydrogen-bond donors (Lipinski definition) is 2. The van der Waals surface area contributed by atoms with Crippen molar-refractivity contribution >= 4 is 5.91 Å². The number of rotatable bonds is 3. The summed E-state index contributed by atoms with van der Waals surface area (Å²) in [7, 11) is 0. The summed E-state index contributed by atoms with van der Waals surface area (Å²) in [6.07, 6.45) is 7.65. The van der Waals surface area contributed by atoms with Crippen LogP contribution in [-0.2, 0) is 12.8 Å². The van der Waals surface area contributed by atoms with Gasteiger partial charge in [0.2, 0.25) is 0 Å². The van der Waals surface area contributed by atoms with Crippen molar-refractivity contribution in [3.63, 3.8) is 0 Å². The van der Waals surface area contributed by atoms with Crippen molar-refractivity contribution < 1.29 is 4.79 Å². The molecule has 2 N–H and O–H groups in total. The van der Waals surface area contributed by atoms with E-state index in [1.807, 2.05) is 4.68 Å². The molecule has 1 amide bonds. The number of aryl methyl sites for hydroxylation is 1. The number of benzene rings is 1. The Balaban J connectivity index is 1.41. The molecule has 5 nitrogen and oxygen atoms in total. The summed E-state index contributed by atoms with van der Waals surface area (Å²) in [6, 6.07) is 9.82. The first-order chi connectivity index (χ1) is 12.7. The highest BCUT2D eigenvalue weighted by atomic mass is 16.2. The molecule has 5 heteroatoms. The topological polar surface area (TPSA) is 59.0 Å². The van der Waals surface area contributed by atoms with Crippen LogP contribution in [0.1, 0.15) is 59.4 Å². The molecule has 2 fully saturated rings. The van der Waals surface area contributed by atoms with Gasteiger partial charge in [-0.05, 0) is 64.0 Å². The minimum atomic E-state index is 0.0142. The maximum absolute atomic E-state index is 13.0. The Morgan fingerprint density at radius 2 is 1.88 bits per heavy atom. The third kappa shape index (κ3) is 2.75. The van der Waals surface area contributed by atoms with Gasteiger partial charge < -0.3 is 10.6 Å². The maximum Gasteiger partial charge on any atom is 0.272 e. The second kappa shape index (κ2) is 6.23. The van der Waals surface area contributed by atoms with Crippen molar-refractivity contribution in [1.29, 1.82) is 0 Å². The first kappa shape index (κ1) is 16.1. The quantitative estimate of drug-likeness (QED) is 0.895. The summed E-state index contributed by atoms with van der Waals surface area (Å²) < 4.78 is 1.99. The van der Waals surface area contributed by atoms with Gasteiger partial charge in [0.15, 0.2) is 5.69 Å². The van der Waals surface area contributed by atoms with Crippen molar-refractivity contribution in [3.8, 4) is 5.69 Å². The average Bonchev–Trinajstić information content (AvgIpc) is 3.31. The lowest BCUT2D eigenvalue weighted by molar-refractivity contribution is 0.0917. The zero-order valence-electron chi connectivity index (χ0n) is 15.3. The molecule has 0 spiro atoms. The van der Waals surface area contributed by atoms with E-state index in [1.54, 1.807) is 0 Å². The van der Waals surface area contributed by atoms with Crippen LogP contribution in [0.15, 0.2) is 24.3 Å². The van der Waals surface area contributed by atoms with Crippen LogP contribution in [0, 0.1) is 6.92 Å². The van der Waals surface area contributed by atoms with Gasteiger partial charge in [-0.25, -0.2) is 4.68 Å². The number of piperidine rings is 1. The molecule has 2 atom stereocenters. The molecule has 2 aromatic rings. The van der Waals surface area contributed by atoms with Crippen molar-refractivity contribution in [3.05, 3.63) is 46.8 Å². The third-order valence-electron chi connectivity index (χ3n) is 6.23. The third-order valence-corrected chi connectivity index (χ3v) is 6.23. The van der Waals surface area contributed by atoms with Gasteiger partial charge in [0.25, 0.3) is 5.91 Å². The molecule has 1 aliphatic carbocycles. The summed E-state index contributed by atoms with van der Waals surface area (Å²) >= 11 is 0. The van der Waals surface area contributed by atoms with E-state index in [1.165, 1.54) is 24.1 Å². The number of amides is 1. The van der Waals surface area contributed by atoms with Gasteiger partial charge in [-0.15, -0.1) is 0 Å². The first-order valence-corrected chi connectivity index (χ1v) is 9.92. The molecular weight excluding hydrogens is 324 g/mol. The van der Waals surface area contributed by atoms with Crippen molar-refractivity contribution in [2.45, 2.75) is 70.0 Å². The number of fused-ring (bicyclic) bond motifs is 3. The predicted molar refractivity (Wildman–Crippen MR) is 101 cm³/mol. The zero-order valence-corrected chi connectivity index (χ0v) is 15.3. The highest BCUT2D eigenvalue weighted by molar-refractivity contribution is 5.94. The average molecular weight is 350 g/mol. The summed E-state index contributed by atoms with van der Waals surface area (Å²) in [5, 5.41) is 11.7. The molecule has 2 aliphatic heterocycles. The van der Waals surface area contributed by atoms with E-state index in [0.29, 0.717) is 17.8 Å². The fourth-order valence-corrected chi connectivity index (χ4v) is 4.95. The highest BCUT2D eigenvalue weighted by Crippen LogP contribution is 2.30. The number of hydrogen-bond acceptors (Lipinski definition) is 3. The minimum Gasteiger partial charge on any atom is -0.348 e. The lowest BCUT2D eigenvalue weighted by atomic mass is 9.99. The van der Waals surface area contributed by atoms with Crippen molar-refractivity contribution in [1.82, 2.24) is 20.4 Å². The van der Waals surface area contributed by atoms with Crippen LogP contribution in [0.2, 0.25) is 0 Å². The lowest BCUT2D eigenvalue weighted by Crippen LogP contribution is -2.48. The van der Waals surface area contributed by atoms with Crippen molar-refractivity contribution in [2.24, 2.45) is 0 Å². The molecule has 1 aromatic heterocycles. The first-order valence-electron chi connectivity index (χ1n) is 9.92. The summed E-state index contributed by atoms with van der Waals surface area (Å²) in [6.45, 7) is 2.09. The fourth-order valence-electron chi connectivity index (χ4n) is 4.95. The summed E-state index contributed by atoms with van der Waals surface area (Å²) in [5.74, 6) is 0.0142. The van der Waals surface area contributed by atoms with Gasteiger partial charge in [-0.1, -0.05) is 17.7 Å². The zero-order chi connectivity index (χ0) is 17.7. The van der Waals surface area contributed by atoms with E-state index in [2.05, 4.69) is 41.8 Å². The second-order valence-electron chi connectivity index (χ2n) is 8.15. The predicted octanol–water partition coefficient (Wildman–Crippen LogP) is 2.68. The Bertz CT molecular complexity index is 826. The van der Waals surface area contributed by atoms with E-state index in [0.717, 1.165) is 43.4 Å². The van der Waals surface area contributed by atoms with Gasteiger partial charge in [-0.2, -0.15) is 5.10 Å². The van der Waals surface area contributed by atoms with Crippen LogP contribution < -0.4 is 10.6 Å². The number of nitrogens with one attached hydrogen (secondary N) is 2. The Labute approximate surface area is 154 Å². The maximum atomic E-state index is 13.0. The van der Waals surface area contributed by atoms with Gasteiger partial charge in [0.1, 0.15) is 0 Å². The van der Waals surface area contributed by atoms with Crippen LogP contribution in [-0.4, -0.2) is 33.8 Å². The molecule has 2 saturated heterocycles. The van der Waals surface area contributed by atoms with Gasteiger partial charge in [-0.3, -0.25) is 4.79 Å². The standard InChI is InChI=1S/C21H26N4O/c1-13-5-9-17(10-6-13)25-19-4-2-3-18(19)20(24-25)21(26)23-16-11-14-7-8-15(12-16)22-14/h5-6,9-10,14-16,22H,2-4,7-8,11-12H2,1H3,(H,23,26). The van der Waals surface area contributed by atoms with Crippen LogP contribution in [0.3, 0.4) is 0 Å². The molecule has 26 heavy (non-hydrogen) atoms. The van der Waals surface area contributed by atoms with E-state index >= 15 is 0 Å². The SMILES string of the molecule is Cc1ccc(-n2nc(C(=O)NC3CC4CCC(C3)N4)c3c2CCC3)cc1. The van der Waals surface area contributed by atoms with Gasteiger partial charge >= 0.3 is 0 Å². The summed E-state index contributed by atoms with van der Waals surface area (Å²) in [5.41, 5.74) is 5.29. The molecule has 1 aromatic carbocycles. The fraction of sp³-hybridized carbons (Fsp3) is 0.524. The van der Waals surface area contributed by atoms with Gasteiger partial charge in [0, 0.05) is 29.4 Å². The monoisotopic (exact) mass is 350 g/mol. The number of carbonyl (C=O) groups is 1. The molecular formula is C21H26N4O. The molecule has 3 heterocycles. The lowest BCUT2D eigenvalue weighted by Gasteiger charge is -2.29. The van der Waals surface area contributed by atoms with E-state index in [9.17, 15) is 4.79 Å². The Morgan fingerprint density at radius 1 is 1.15 bits per heavy atom. The number of carbonyl (C=O) groups excluding carboxylic acids is 1. The summed E-state index contributed by atoms with van der Waals surface area (Å²) in [4.78, 5) is 13.0. The Morgan fingerprint density at radius 3 is 2.62 bits per heavy atom. The van der Waals surface area contributed by atoms with E-state index < -0.39 is 0 Å². The normalized spacial score (nSPS) is 26.7. The number of aromatic nitrogens is 2. The molecule has 0 saturated carbocycles.